The molecular formula is C3H7NO2. The Kier molecular flexibility index (Phi) is 4.28. The van der Waals surface area contributed by atoms with Crippen molar-refractivity contribution in [3.63, 3.8) is 0 Å². The van der Waals surface area contributed by atoms with Crippen LogP contribution < -0.4 is 5.48 Å². The molecule has 0 aromatic carbocycles. The summed E-state index contributed by atoms with van der Waals surface area (Å²) in [5.41, 5.74) is 2.33. The van der Waals surface area contributed by atoms with Gasteiger partial charge in [-0.05, 0) is 0 Å². The van der Waals surface area contributed by atoms with Gasteiger partial charge in [-0.3, -0.25) is 0 Å². The van der Waals surface area contributed by atoms with Crippen LogP contribution in [0.3, 0.4) is 0 Å². The summed E-state index contributed by atoms with van der Waals surface area (Å²) < 4.78 is 0. The molecule has 0 spiro atoms. The molecular weight excluding hydrogens is 82.0 g/mol. The normalized spacial score (nSPS) is 8.17. The Morgan fingerprint density at radius 1 is 2.00 bits per heavy atom. The van der Waals surface area contributed by atoms with E-state index in [2.05, 4.69) is 10.3 Å². The van der Waals surface area contributed by atoms with Crippen molar-refractivity contribution in [1.82, 2.24) is 5.48 Å². The number of hydroxylamine groups is 1. The summed E-state index contributed by atoms with van der Waals surface area (Å²) >= 11 is 0. The highest BCUT2D eigenvalue weighted by atomic mass is 16.6. The first-order valence-corrected chi connectivity index (χ1v) is 1.61. The van der Waals surface area contributed by atoms with Crippen LogP contribution >= 0.6 is 0 Å². The monoisotopic (exact) mass is 89.0 g/mol. The van der Waals surface area contributed by atoms with Crippen molar-refractivity contribution >= 4 is 6.29 Å². The van der Waals surface area contributed by atoms with Crippen LogP contribution in [0.1, 0.15) is 0 Å². The van der Waals surface area contributed by atoms with Crippen molar-refractivity contribution in [2.45, 2.75) is 0 Å². The topological polar surface area (TPSA) is 38.3 Å². The van der Waals surface area contributed by atoms with Crippen LogP contribution in [0.25, 0.3) is 0 Å². The lowest BCUT2D eigenvalue weighted by Crippen LogP contribution is -2.13. The van der Waals surface area contributed by atoms with Crippen molar-refractivity contribution in [1.29, 1.82) is 0 Å². The van der Waals surface area contributed by atoms with Crippen molar-refractivity contribution in [3.05, 3.63) is 0 Å². The Morgan fingerprint density at radius 2 is 2.67 bits per heavy atom. The molecule has 36 valence electrons. The van der Waals surface area contributed by atoms with E-state index in [-0.39, 0.29) is 6.54 Å². The Balaban J connectivity index is 2.49. The SMILES string of the molecule is CONCC=O. The van der Waals surface area contributed by atoms with Gasteiger partial charge in [0.15, 0.2) is 0 Å². The maximum Gasteiger partial charge on any atom is 0.136 e. The van der Waals surface area contributed by atoms with Gasteiger partial charge in [-0.2, -0.15) is 5.48 Å². The van der Waals surface area contributed by atoms with Crippen LogP contribution in [0.5, 0.6) is 0 Å². The minimum atomic E-state index is 0.260. The smallest absolute Gasteiger partial charge is 0.136 e. The Bertz CT molecular complexity index is 37.8. The molecule has 0 aromatic heterocycles. The quantitative estimate of drug-likeness (QED) is 0.283. The van der Waals surface area contributed by atoms with Gasteiger partial charge in [0.1, 0.15) is 6.29 Å². The fourth-order valence-electron chi connectivity index (χ4n) is 0.117. The first-order chi connectivity index (χ1) is 2.91. The molecule has 0 radical (unpaired) electrons. The van der Waals surface area contributed by atoms with Gasteiger partial charge in [-0.1, -0.05) is 0 Å². The lowest BCUT2D eigenvalue weighted by molar-refractivity contribution is -0.108. The van der Waals surface area contributed by atoms with Crippen molar-refractivity contribution in [2.75, 3.05) is 13.7 Å². The molecule has 0 saturated carbocycles. The highest BCUT2D eigenvalue weighted by Gasteiger charge is 1.70. The van der Waals surface area contributed by atoms with E-state index in [0.717, 1.165) is 6.29 Å². The summed E-state index contributed by atoms with van der Waals surface area (Å²) in [6, 6.07) is 0. The molecule has 0 amide bonds. The highest BCUT2D eigenvalue weighted by molar-refractivity contribution is 5.51. The van der Waals surface area contributed by atoms with E-state index in [1.807, 2.05) is 0 Å². The molecule has 6 heavy (non-hydrogen) atoms. The molecule has 0 aromatic rings. The van der Waals surface area contributed by atoms with Gasteiger partial charge < -0.3 is 9.63 Å². The Labute approximate surface area is 36.2 Å². The van der Waals surface area contributed by atoms with E-state index in [4.69, 9.17) is 0 Å². The number of rotatable bonds is 3. The molecule has 0 aliphatic heterocycles. The molecule has 0 saturated heterocycles. The third-order valence-electron chi connectivity index (χ3n) is 0.311. The van der Waals surface area contributed by atoms with Gasteiger partial charge in [0, 0.05) is 0 Å². The van der Waals surface area contributed by atoms with Crippen LogP contribution in [0, 0.1) is 0 Å². The highest BCUT2D eigenvalue weighted by Crippen LogP contribution is 1.45. The van der Waals surface area contributed by atoms with Gasteiger partial charge in [0.25, 0.3) is 0 Å². The van der Waals surface area contributed by atoms with E-state index in [1.165, 1.54) is 7.11 Å². The minimum absolute atomic E-state index is 0.260. The molecule has 0 unspecified atom stereocenters. The molecule has 0 aliphatic rings. The van der Waals surface area contributed by atoms with Gasteiger partial charge >= 0.3 is 0 Å². The van der Waals surface area contributed by atoms with E-state index in [1.54, 1.807) is 0 Å². The molecule has 0 heterocycles. The summed E-state index contributed by atoms with van der Waals surface area (Å²) in [4.78, 5) is 13.7. The summed E-state index contributed by atoms with van der Waals surface area (Å²) in [6.07, 6.45) is 0.726. The van der Waals surface area contributed by atoms with Crippen LogP contribution in [0.15, 0.2) is 0 Å². The second kappa shape index (κ2) is 4.59. The molecule has 1 N–H and O–H groups in total. The van der Waals surface area contributed by atoms with E-state index in [9.17, 15) is 4.79 Å². The molecule has 3 heteroatoms. The molecule has 0 bridgehead atoms. The predicted octanol–water partition coefficient (Wildman–Crippen LogP) is -0.664. The number of nitrogens with one attached hydrogen (secondary N) is 1. The lowest BCUT2D eigenvalue weighted by Gasteiger charge is -1.88. The standard InChI is InChI=1S/C3H7NO2/c1-6-4-2-3-5/h3-4H,2H2,1H3. The molecule has 3 nitrogen and oxygen atoms in total. The largest absolute Gasteiger partial charge is 0.305 e. The van der Waals surface area contributed by atoms with E-state index < -0.39 is 0 Å². The molecule has 0 atom stereocenters. The van der Waals surface area contributed by atoms with Gasteiger partial charge in [0.05, 0.1) is 13.7 Å². The summed E-state index contributed by atoms with van der Waals surface area (Å²) in [7, 11) is 1.46. The third-order valence-corrected chi connectivity index (χ3v) is 0.311. The average Bonchev–Trinajstić information content (AvgIpc) is 1.61. The van der Waals surface area contributed by atoms with Crippen molar-refractivity contribution in [2.24, 2.45) is 0 Å². The zero-order chi connectivity index (χ0) is 4.83. The van der Waals surface area contributed by atoms with Gasteiger partial charge in [0.2, 0.25) is 0 Å². The van der Waals surface area contributed by atoms with Crippen LogP contribution in [0.4, 0.5) is 0 Å². The summed E-state index contributed by atoms with van der Waals surface area (Å²) in [5.74, 6) is 0. The van der Waals surface area contributed by atoms with Crippen molar-refractivity contribution < 1.29 is 9.63 Å². The Morgan fingerprint density at radius 3 is 2.83 bits per heavy atom. The zero-order valence-corrected chi connectivity index (χ0v) is 3.60. The fraction of sp³-hybridized carbons (Fsp3) is 0.667. The number of carbonyl (C=O) groups is 1. The molecule has 0 rings (SSSR count). The Hall–Kier alpha value is -0.410. The molecule has 0 fully saturated rings. The van der Waals surface area contributed by atoms with Gasteiger partial charge in [-0.25, -0.2) is 0 Å². The van der Waals surface area contributed by atoms with Crippen molar-refractivity contribution in [3.8, 4) is 0 Å². The summed E-state index contributed by atoms with van der Waals surface area (Å²) in [5, 5.41) is 0. The number of hydrogen-bond acceptors (Lipinski definition) is 3. The first-order valence-electron chi connectivity index (χ1n) is 1.61. The van der Waals surface area contributed by atoms with Gasteiger partial charge in [-0.15, -0.1) is 0 Å². The first kappa shape index (κ1) is 5.59. The van der Waals surface area contributed by atoms with Crippen LogP contribution in [-0.2, 0) is 9.63 Å². The minimum Gasteiger partial charge on any atom is -0.305 e. The maximum atomic E-state index is 9.42. The van der Waals surface area contributed by atoms with E-state index >= 15 is 0 Å². The number of aldehydes is 1. The third kappa shape index (κ3) is 3.59. The van der Waals surface area contributed by atoms with Crippen LogP contribution in [0.2, 0.25) is 0 Å². The fourth-order valence-corrected chi connectivity index (χ4v) is 0.117. The van der Waals surface area contributed by atoms with Crippen LogP contribution in [-0.4, -0.2) is 19.9 Å². The predicted molar refractivity (Wildman–Crippen MR) is 21.1 cm³/mol. The molecule has 0 aliphatic carbocycles. The number of carbonyl (C=O) groups excluding carboxylic acids is 1. The maximum absolute atomic E-state index is 9.42. The zero-order valence-electron chi connectivity index (χ0n) is 3.60. The average molecular weight is 89.1 g/mol. The lowest BCUT2D eigenvalue weighted by atomic mass is 10.8. The second-order valence-corrected chi connectivity index (χ2v) is 0.719. The summed E-state index contributed by atoms with van der Waals surface area (Å²) in [6.45, 7) is 0.260. The second-order valence-electron chi connectivity index (χ2n) is 0.719. The van der Waals surface area contributed by atoms with E-state index in [0.29, 0.717) is 0 Å². The number of hydrogen-bond donors (Lipinski definition) is 1.